The Morgan fingerprint density at radius 3 is 2.61 bits per heavy atom. The molecule has 3 nitrogen and oxygen atoms in total. The van der Waals surface area contributed by atoms with Gasteiger partial charge in [-0.1, -0.05) is 32.1 Å². The van der Waals surface area contributed by atoms with Crippen LogP contribution in [-0.2, 0) is 9.53 Å². The Kier molecular flexibility index (Phi) is 6.45. The summed E-state index contributed by atoms with van der Waals surface area (Å²) in [6, 6.07) is 8.06. The molecule has 0 aliphatic heterocycles. The van der Waals surface area contributed by atoms with Gasteiger partial charge >= 0.3 is 5.97 Å². The quantitative estimate of drug-likeness (QED) is 0.560. The number of carbonyl (C=O) groups excluding carboxylic acids is 1. The summed E-state index contributed by atoms with van der Waals surface area (Å²) in [4.78, 5) is 11.9. The predicted molar refractivity (Wildman–Crippen MR) is 93.3 cm³/mol. The van der Waals surface area contributed by atoms with Crippen LogP contribution in [0.25, 0.3) is 5.57 Å². The Morgan fingerprint density at radius 2 is 1.96 bits per heavy atom. The molecule has 1 aromatic rings. The number of rotatable bonds is 6. The SMILES string of the molecule is COc1ccc(C2=CC(=CC(=O)OCCC(C)C)CCC2)cc1. The number of carbonyl (C=O) groups is 1. The van der Waals surface area contributed by atoms with Gasteiger partial charge in [0, 0.05) is 6.08 Å². The second kappa shape index (κ2) is 8.56. The number of methoxy groups -OCH3 is 1. The number of esters is 1. The van der Waals surface area contributed by atoms with Crippen LogP contribution in [0.1, 0.15) is 45.1 Å². The Balaban J connectivity index is 2.02. The van der Waals surface area contributed by atoms with Crippen molar-refractivity contribution in [1.29, 1.82) is 0 Å². The van der Waals surface area contributed by atoms with E-state index in [9.17, 15) is 4.79 Å². The number of hydrogen-bond acceptors (Lipinski definition) is 3. The Labute approximate surface area is 139 Å². The number of hydrogen-bond donors (Lipinski definition) is 0. The van der Waals surface area contributed by atoms with Crippen molar-refractivity contribution in [3.05, 3.63) is 47.6 Å². The van der Waals surface area contributed by atoms with E-state index in [-0.39, 0.29) is 5.97 Å². The molecular weight excluding hydrogens is 288 g/mol. The van der Waals surface area contributed by atoms with E-state index in [2.05, 4.69) is 32.1 Å². The van der Waals surface area contributed by atoms with Gasteiger partial charge in [0.05, 0.1) is 13.7 Å². The van der Waals surface area contributed by atoms with Gasteiger partial charge in [0.2, 0.25) is 0 Å². The van der Waals surface area contributed by atoms with E-state index in [4.69, 9.17) is 9.47 Å². The van der Waals surface area contributed by atoms with Gasteiger partial charge in [-0.2, -0.15) is 0 Å². The highest BCUT2D eigenvalue weighted by Gasteiger charge is 2.11. The van der Waals surface area contributed by atoms with Crippen LogP contribution in [0, 0.1) is 5.92 Å². The van der Waals surface area contributed by atoms with E-state index in [0.29, 0.717) is 12.5 Å². The number of allylic oxidation sites excluding steroid dienone is 3. The van der Waals surface area contributed by atoms with Gasteiger partial charge < -0.3 is 9.47 Å². The van der Waals surface area contributed by atoms with E-state index >= 15 is 0 Å². The number of ether oxygens (including phenoxy) is 2. The molecule has 0 atom stereocenters. The minimum absolute atomic E-state index is 0.229. The molecule has 0 saturated heterocycles. The second-order valence-corrected chi connectivity index (χ2v) is 6.32. The van der Waals surface area contributed by atoms with Crippen LogP contribution >= 0.6 is 0 Å². The van der Waals surface area contributed by atoms with Gasteiger partial charge in [-0.15, -0.1) is 0 Å². The van der Waals surface area contributed by atoms with Gasteiger partial charge in [-0.3, -0.25) is 0 Å². The van der Waals surface area contributed by atoms with Crippen molar-refractivity contribution >= 4 is 11.5 Å². The van der Waals surface area contributed by atoms with Crippen LogP contribution in [0.4, 0.5) is 0 Å². The standard InChI is InChI=1S/C20H26O3/c1-15(2)11-12-23-20(21)14-16-5-4-6-18(13-16)17-7-9-19(22-3)10-8-17/h7-10,13-15H,4-6,11-12H2,1-3H3. The molecular formula is C20H26O3. The van der Waals surface area contributed by atoms with Crippen LogP contribution in [0.3, 0.4) is 0 Å². The third-order valence-corrected chi connectivity index (χ3v) is 3.97. The highest BCUT2D eigenvalue weighted by Crippen LogP contribution is 2.30. The molecule has 0 spiro atoms. The van der Waals surface area contributed by atoms with E-state index in [1.165, 1.54) is 11.1 Å². The third kappa shape index (κ3) is 5.59. The first kappa shape index (κ1) is 17.3. The van der Waals surface area contributed by atoms with Gasteiger partial charge in [0.25, 0.3) is 0 Å². The van der Waals surface area contributed by atoms with E-state index in [0.717, 1.165) is 37.0 Å². The summed E-state index contributed by atoms with van der Waals surface area (Å²) in [7, 11) is 1.67. The van der Waals surface area contributed by atoms with Crippen molar-refractivity contribution in [2.45, 2.75) is 39.5 Å². The summed E-state index contributed by atoms with van der Waals surface area (Å²) in [5.74, 6) is 1.18. The van der Waals surface area contributed by atoms with Crippen LogP contribution in [0.2, 0.25) is 0 Å². The lowest BCUT2D eigenvalue weighted by Gasteiger charge is -2.16. The normalized spacial score (nSPS) is 16.3. The van der Waals surface area contributed by atoms with Gasteiger partial charge in [0.1, 0.15) is 5.75 Å². The molecule has 0 heterocycles. The lowest BCUT2D eigenvalue weighted by molar-refractivity contribution is -0.138. The summed E-state index contributed by atoms with van der Waals surface area (Å²) in [6.45, 7) is 4.74. The summed E-state index contributed by atoms with van der Waals surface area (Å²) in [5, 5.41) is 0. The van der Waals surface area contributed by atoms with Crippen LogP contribution < -0.4 is 4.74 Å². The average molecular weight is 314 g/mol. The van der Waals surface area contributed by atoms with Crippen LogP contribution in [0.15, 0.2) is 42.0 Å². The summed E-state index contributed by atoms with van der Waals surface area (Å²) in [6.07, 6.45) is 7.69. The third-order valence-electron chi connectivity index (χ3n) is 3.97. The average Bonchev–Trinajstić information content (AvgIpc) is 2.55. The Hall–Kier alpha value is -2.03. The van der Waals surface area contributed by atoms with Crippen molar-refractivity contribution in [2.24, 2.45) is 5.92 Å². The first-order valence-electron chi connectivity index (χ1n) is 8.31. The zero-order valence-corrected chi connectivity index (χ0v) is 14.3. The molecule has 1 aliphatic rings. The molecule has 0 fully saturated rings. The van der Waals surface area contributed by atoms with E-state index < -0.39 is 0 Å². The maximum absolute atomic E-state index is 11.9. The van der Waals surface area contributed by atoms with Crippen LogP contribution in [0.5, 0.6) is 5.75 Å². The van der Waals surface area contributed by atoms with Crippen molar-refractivity contribution < 1.29 is 14.3 Å². The summed E-state index contributed by atoms with van der Waals surface area (Å²) < 4.78 is 10.5. The van der Waals surface area contributed by atoms with Gasteiger partial charge in [0.15, 0.2) is 0 Å². The molecule has 1 aliphatic carbocycles. The molecule has 0 bridgehead atoms. The number of benzene rings is 1. The molecule has 23 heavy (non-hydrogen) atoms. The molecule has 0 amide bonds. The molecule has 124 valence electrons. The van der Waals surface area contributed by atoms with E-state index in [1.807, 2.05) is 12.1 Å². The summed E-state index contributed by atoms with van der Waals surface area (Å²) >= 11 is 0. The first-order valence-corrected chi connectivity index (χ1v) is 8.31. The van der Waals surface area contributed by atoms with Crippen molar-refractivity contribution in [2.75, 3.05) is 13.7 Å². The monoisotopic (exact) mass is 314 g/mol. The maximum Gasteiger partial charge on any atom is 0.331 e. The largest absolute Gasteiger partial charge is 0.497 e. The second-order valence-electron chi connectivity index (χ2n) is 6.32. The zero-order valence-electron chi connectivity index (χ0n) is 14.3. The smallest absolute Gasteiger partial charge is 0.331 e. The highest BCUT2D eigenvalue weighted by molar-refractivity contribution is 5.84. The van der Waals surface area contributed by atoms with Crippen molar-refractivity contribution in [1.82, 2.24) is 0 Å². The van der Waals surface area contributed by atoms with Crippen LogP contribution in [-0.4, -0.2) is 19.7 Å². The molecule has 0 radical (unpaired) electrons. The highest BCUT2D eigenvalue weighted by atomic mass is 16.5. The topological polar surface area (TPSA) is 35.5 Å². The minimum atomic E-state index is -0.229. The Morgan fingerprint density at radius 1 is 1.22 bits per heavy atom. The lowest BCUT2D eigenvalue weighted by Crippen LogP contribution is -2.06. The van der Waals surface area contributed by atoms with E-state index in [1.54, 1.807) is 13.2 Å². The van der Waals surface area contributed by atoms with Crippen molar-refractivity contribution in [3.63, 3.8) is 0 Å². The molecule has 0 saturated carbocycles. The fourth-order valence-corrected chi connectivity index (χ4v) is 2.59. The van der Waals surface area contributed by atoms with Gasteiger partial charge in [-0.05, 0) is 60.4 Å². The molecule has 2 rings (SSSR count). The fraction of sp³-hybridized carbons (Fsp3) is 0.450. The molecule has 0 aromatic heterocycles. The van der Waals surface area contributed by atoms with Gasteiger partial charge in [-0.25, -0.2) is 4.79 Å². The molecule has 1 aromatic carbocycles. The minimum Gasteiger partial charge on any atom is -0.497 e. The predicted octanol–water partition coefficient (Wildman–Crippen LogP) is 4.78. The zero-order chi connectivity index (χ0) is 16.7. The maximum atomic E-state index is 11.9. The lowest BCUT2D eigenvalue weighted by atomic mass is 9.90. The molecule has 0 unspecified atom stereocenters. The molecule has 0 N–H and O–H groups in total. The van der Waals surface area contributed by atoms with Crippen molar-refractivity contribution in [3.8, 4) is 5.75 Å². The fourth-order valence-electron chi connectivity index (χ4n) is 2.59. The first-order chi connectivity index (χ1) is 11.1. The molecule has 3 heteroatoms. The Bertz CT molecular complexity index is 579. The summed E-state index contributed by atoms with van der Waals surface area (Å²) in [5.41, 5.74) is 3.50.